The molecule has 0 bridgehead atoms. The van der Waals surface area contributed by atoms with Crippen molar-refractivity contribution in [2.75, 3.05) is 13.1 Å². The first-order valence-corrected chi connectivity index (χ1v) is 6.60. The van der Waals surface area contributed by atoms with Crippen LogP contribution < -0.4 is 5.32 Å². The molecule has 1 unspecified atom stereocenters. The van der Waals surface area contributed by atoms with Gasteiger partial charge in [0.15, 0.2) is 0 Å². The molecular formula is C15H21N3. The van der Waals surface area contributed by atoms with E-state index in [9.17, 15) is 0 Å². The summed E-state index contributed by atoms with van der Waals surface area (Å²) in [5.74, 6) is 1.67. The van der Waals surface area contributed by atoms with E-state index in [2.05, 4.69) is 52.5 Å². The van der Waals surface area contributed by atoms with Crippen molar-refractivity contribution >= 4 is 0 Å². The topological polar surface area (TPSA) is 40.7 Å². The predicted octanol–water partition coefficient (Wildman–Crippen LogP) is 2.74. The number of nitrogens with one attached hydrogen (secondary N) is 2. The van der Waals surface area contributed by atoms with E-state index in [1.165, 1.54) is 12.0 Å². The fourth-order valence-electron chi connectivity index (χ4n) is 2.03. The molecule has 1 atom stereocenters. The average molecular weight is 243 g/mol. The quantitative estimate of drug-likeness (QED) is 0.734. The molecule has 2 rings (SSSR count). The van der Waals surface area contributed by atoms with Gasteiger partial charge in [-0.2, -0.15) is 0 Å². The first kappa shape index (κ1) is 12.8. The van der Waals surface area contributed by atoms with E-state index >= 15 is 0 Å². The normalized spacial score (nSPS) is 12.5. The first-order chi connectivity index (χ1) is 8.86. The van der Waals surface area contributed by atoms with Crippen LogP contribution in [0.4, 0.5) is 0 Å². The number of imidazole rings is 1. The Kier molecular flexibility index (Phi) is 4.97. The molecule has 0 aliphatic carbocycles. The highest BCUT2D eigenvalue weighted by Gasteiger charge is 2.03. The minimum atomic E-state index is 0.613. The van der Waals surface area contributed by atoms with Crippen molar-refractivity contribution in [1.29, 1.82) is 0 Å². The standard InChI is InChI=1S/C15H21N3/c1-13(14-5-3-2-4-6-14)7-9-16-10-8-15-17-11-12-18-15/h2-6,11-13,16H,7-10H2,1H3,(H,17,18). The van der Waals surface area contributed by atoms with Gasteiger partial charge in [-0.1, -0.05) is 37.3 Å². The fraction of sp³-hybridized carbons (Fsp3) is 0.400. The smallest absolute Gasteiger partial charge is 0.107 e. The Morgan fingerprint density at radius 2 is 2.06 bits per heavy atom. The number of aromatic nitrogens is 2. The second-order valence-corrected chi connectivity index (χ2v) is 4.64. The lowest BCUT2D eigenvalue weighted by atomic mass is 9.98. The van der Waals surface area contributed by atoms with Crippen LogP contribution in [-0.4, -0.2) is 23.1 Å². The van der Waals surface area contributed by atoms with E-state index < -0.39 is 0 Å². The van der Waals surface area contributed by atoms with Gasteiger partial charge < -0.3 is 10.3 Å². The van der Waals surface area contributed by atoms with Gasteiger partial charge >= 0.3 is 0 Å². The van der Waals surface area contributed by atoms with Crippen LogP contribution in [0.2, 0.25) is 0 Å². The number of H-pyrrole nitrogens is 1. The van der Waals surface area contributed by atoms with E-state index in [0.29, 0.717) is 5.92 Å². The molecule has 1 aromatic carbocycles. The molecule has 0 aliphatic rings. The third-order valence-electron chi connectivity index (χ3n) is 3.22. The van der Waals surface area contributed by atoms with Gasteiger partial charge in [-0.3, -0.25) is 0 Å². The molecule has 0 radical (unpaired) electrons. The Hall–Kier alpha value is -1.61. The Labute approximate surface area is 109 Å². The van der Waals surface area contributed by atoms with Crippen LogP contribution in [0.5, 0.6) is 0 Å². The van der Waals surface area contributed by atoms with Crippen molar-refractivity contribution in [1.82, 2.24) is 15.3 Å². The Bertz CT molecular complexity index is 422. The van der Waals surface area contributed by atoms with Crippen molar-refractivity contribution in [2.45, 2.75) is 25.7 Å². The van der Waals surface area contributed by atoms with E-state index in [4.69, 9.17) is 0 Å². The predicted molar refractivity (Wildman–Crippen MR) is 74.6 cm³/mol. The zero-order valence-corrected chi connectivity index (χ0v) is 10.9. The molecule has 0 fully saturated rings. The maximum atomic E-state index is 4.20. The first-order valence-electron chi connectivity index (χ1n) is 6.60. The lowest BCUT2D eigenvalue weighted by Gasteiger charge is -2.12. The lowest BCUT2D eigenvalue weighted by molar-refractivity contribution is 0.591. The second-order valence-electron chi connectivity index (χ2n) is 4.64. The summed E-state index contributed by atoms with van der Waals surface area (Å²) in [4.78, 5) is 7.31. The monoisotopic (exact) mass is 243 g/mol. The maximum absolute atomic E-state index is 4.20. The summed E-state index contributed by atoms with van der Waals surface area (Å²) in [5, 5.41) is 3.46. The largest absolute Gasteiger partial charge is 0.349 e. The number of hydrogen-bond acceptors (Lipinski definition) is 2. The number of benzene rings is 1. The van der Waals surface area contributed by atoms with E-state index in [0.717, 1.165) is 25.3 Å². The highest BCUT2D eigenvalue weighted by atomic mass is 14.9. The van der Waals surface area contributed by atoms with Gasteiger partial charge in [-0.25, -0.2) is 4.98 Å². The molecule has 2 N–H and O–H groups in total. The second kappa shape index (κ2) is 6.97. The van der Waals surface area contributed by atoms with Gasteiger partial charge in [0.2, 0.25) is 0 Å². The third kappa shape index (κ3) is 4.00. The zero-order chi connectivity index (χ0) is 12.6. The van der Waals surface area contributed by atoms with Crippen molar-refractivity contribution in [3.8, 4) is 0 Å². The molecule has 1 heterocycles. The van der Waals surface area contributed by atoms with Crippen molar-refractivity contribution in [3.63, 3.8) is 0 Å². The van der Waals surface area contributed by atoms with Crippen LogP contribution in [0.1, 0.15) is 30.7 Å². The van der Waals surface area contributed by atoms with E-state index in [1.54, 1.807) is 6.20 Å². The molecular weight excluding hydrogens is 222 g/mol. The third-order valence-corrected chi connectivity index (χ3v) is 3.22. The molecule has 96 valence electrons. The van der Waals surface area contributed by atoms with Crippen LogP contribution in [-0.2, 0) is 6.42 Å². The lowest BCUT2D eigenvalue weighted by Crippen LogP contribution is -2.20. The molecule has 3 heteroatoms. The number of hydrogen-bond donors (Lipinski definition) is 2. The summed E-state index contributed by atoms with van der Waals surface area (Å²) >= 11 is 0. The summed E-state index contributed by atoms with van der Waals surface area (Å²) in [5.41, 5.74) is 1.42. The summed E-state index contributed by atoms with van der Waals surface area (Å²) < 4.78 is 0. The summed E-state index contributed by atoms with van der Waals surface area (Å²) in [6, 6.07) is 10.7. The van der Waals surface area contributed by atoms with Gasteiger partial charge in [0.05, 0.1) is 0 Å². The van der Waals surface area contributed by atoms with Gasteiger partial charge in [-0.05, 0) is 24.4 Å². The van der Waals surface area contributed by atoms with Crippen molar-refractivity contribution in [2.24, 2.45) is 0 Å². The number of rotatable bonds is 7. The SMILES string of the molecule is CC(CCNCCc1ncc[nH]1)c1ccccc1. The molecule has 3 nitrogen and oxygen atoms in total. The molecule has 2 aromatic rings. The fourth-order valence-corrected chi connectivity index (χ4v) is 2.03. The van der Waals surface area contributed by atoms with E-state index in [1.807, 2.05) is 6.20 Å². The van der Waals surface area contributed by atoms with Gasteiger partial charge in [0.25, 0.3) is 0 Å². The Morgan fingerprint density at radius 1 is 1.22 bits per heavy atom. The minimum absolute atomic E-state index is 0.613. The van der Waals surface area contributed by atoms with E-state index in [-0.39, 0.29) is 0 Å². The van der Waals surface area contributed by atoms with Gasteiger partial charge in [0, 0.05) is 25.4 Å². The minimum Gasteiger partial charge on any atom is -0.349 e. The average Bonchev–Trinajstić information content (AvgIpc) is 2.92. The summed E-state index contributed by atoms with van der Waals surface area (Å²) in [6.45, 7) is 4.31. The molecule has 0 spiro atoms. The van der Waals surface area contributed by atoms with Gasteiger partial charge in [-0.15, -0.1) is 0 Å². The van der Waals surface area contributed by atoms with Crippen molar-refractivity contribution < 1.29 is 0 Å². The Balaban J connectivity index is 1.61. The summed E-state index contributed by atoms with van der Waals surface area (Å²) in [6.07, 6.45) is 5.80. The van der Waals surface area contributed by atoms with Crippen LogP contribution >= 0.6 is 0 Å². The van der Waals surface area contributed by atoms with Crippen LogP contribution in [0, 0.1) is 0 Å². The van der Waals surface area contributed by atoms with Crippen LogP contribution in [0.25, 0.3) is 0 Å². The highest BCUT2D eigenvalue weighted by molar-refractivity contribution is 5.18. The molecule has 1 aromatic heterocycles. The van der Waals surface area contributed by atoms with Gasteiger partial charge in [0.1, 0.15) is 5.82 Å². The Morgan fingerprint density at radius 3 is 2.78 bits per heavy atom. The number of aromatic amines is 1. The maximum Gasteiger partial charge on any atom is 0.107 e. The number of nitrogens with zero attached hydrogens (tertiary/aromatic N) is 1. The summed E-state index contributed by atoms with van der Waals surface area (Å²) in [7, 11) is 0. The highest BCUT2D eigenvalue weighted by Crippen LogP contribution is 2.17. The molecule has 0 amide bonds. The van der Waals surface area contributed by atoms with Crippen LogP contribution in [0.15, 0.2) is 42.7 Å². The molecule has 18 heavy (non-hydrogen) atoms. The zero-order valence-electron chi connectivity index (χ0n) is 10.9. The molecule has 0 saturated heterocycles. The van der Waals surface area contributed by atoms with Crippen molar-refractivity contribution in [3.05, 3.63) is 54.1 Å². The molecule has 0 saturated carbocycles. The van der Waals surface area contributed by atoms with Crippen LogP contribution in [0.3, 0.4) is 0 Å². The molecule has 0 aliphatic heterocycles.